The minimum Gasteiger partial charge on any atom is -0.479 e. The molecule has 4 nitrogen and oxygen atoms in total. The van der Waals surface area contributed by atoms with Crippen molar-refractivity contribution in [2.75, 3.05) is 6.61 Å². The minimum atomic E-state index is -1.05. The smallest absolute Gasteiger partial charge is 0.341 e. The summed E-state index contributed by atoms with van der Waals surface area (Å²) in [6.45, 7) is 3.56. The van der Waals surface area contributed by atoms with Crippen LogP contribution in [0.25, 0.3) is 10.8 Å². The Labute approximate surface area is 161 Å². The predicted molar refractivity (Wildman–Crippen MR) is 104 cm³/mol. The van der Waals surface area contributed by atoms with Gasteiger partial charge in [0.25, 0.3) is 0 Å². The van der Waals surface area contributed by atoms with Crippen molar-refractivity contribution in [3.05, 3.63) is 68.8 Å². The molecular formula is C20H17Cl2NO3. The van der Waals surface area contributed by atoms with Gasteiger partial charge in [0.2, 0.25) is 5.88 Å². The summed E-state index contributed by atoms with van der Waals surface area (Å²) in [6, 6.07) is 9.70. The van der Waals surface area contributed by atoms with Gasteiger partial charge in [0.1, 0.15) is 0 Å². The second-order valence-corrected chi connectivity index (χ2v) is 6.96. The summed E-state index contributed by atoms with van der Waals surface area (Å²) >= 11 is 12.3. The average Bonchev–Trinajstić information content (AvgIpc) is 2.60. The zero-order chi connectivity index (χ0) is 18.8. The lowest BCUT2D eigenvalue weighted by Crippen LogP contribution is -2.11. The summed E-state index contributed by atoms with van der Waals surface area (Å²) < 4.78 is 5.39. The Bertz CT molecular complexity index is 985. The lowest BCUT2D eigenvalue weighted by molar-refractivity contribution is -0.139. The highest BCUT2D eigenvalue weighted by Gasteiger charge is 2.16. The molecule has 0 amide bonds. The standard InChI is InChI=1S/C20H17Cl2NO3/c1-11-7-16-17(22)9-23-20(26-10-18(24)25)19(16)12(2)15(11)8-13-3-5-14(21)6-4-13/h3-7,9H,8,10H2,1-2H3,(H,24,25). The van der Waals surface area contributed by atoms with Gasteiger partial charge in [0.05, 0.1) is 11.2 Å². The van der Waals surface area contributed by atoms with Crippen LogP contribution in [-0.2, 0) is 11.2 Å². The molecule has 26 heavy (non-hydrogen) atoms. The highest BCUT2D eigenvalue weighted by Crippen LogP contribution is 2.36. The quantitative estimate of drug-likeness (QED) is 0.650. The zero-order valence-corrected chi connectivity index (χ0v) is 15.9. The van der Waals surface area contributed by atoms with Gasteiger partial charge >= 0.3 is 5.97 Å². The topological polar surface area (TPSA) is 59.4 Å². The number of hydrogen-bond donors (Lipinski definition) is 1. The highest BCUT2D eigenvalue weighted by atomic mass is 35.5. The predicted octanol–water partition coefficient (Wildman–Crippen LogP) is 5.21. The van der Waals surface area contributed by atoms with E-state index in [2.05, 4.69) is 4.98 Å². The zero-order valence-electron chi connectivity index (χ0n) is 14.3. The first-order valence-corrected chi connectivity index (χ1v) is 8.78. The monoisotopic (exact) mass is 389 g/mol. The molecule has 0 saturated heterocycles. The number of carboxylic acid groups (broad SMARTS) is 1. The molecule has 3 aromatic rings. The fraction of sp³-hybridized carbons (Fsp3) is 0.200. The maximum absolute atomic E-state index is 10.9. The van der Waals surface area contributed by atoms with Gasteiger partial charge in [0.15, 0.2) is 6.61 Å². The normalized spacial score (nSPS) is 10.9. The number of pyridine rings is 1. The molecule has 134 valence electrons. The Balaban J connectivity index is 2.13. The fourth-order valence-corrected chi connectivity index (χ4v) is 3.38. The summed E-state index contributed by atoms with van der Waals surface area (Å²) in [6.07, 6.45) is 2.20. The van der Waals surface area contributed by atoms with Crippen LogP contribution in [-0.4, -0.2) is 22.7 Å². The molecular weight excluding hydrogens is 373 g/mol. The maximum Gasteiger partial charge on any atom is 0.341 e. The van der Waals surface area contributed by atoms with E-state index < -0.39 is 12.6 Å². The molecule has 0 aliphatic carbocycles. The average molecular weight is 390 g/mol. The number of aryl methyl sites for hydroxylation is 2. The van der Waals surface area contributed by atoms with Crippen LogP contribution < -0.4 is 4.74 Å². The molecule has 3 rings (SSSR count). The van der Waals surface area contributed by atoms with Gasteiger partial charge in [-0.15, -0.1) is 0 Å². The molecule has 0 aliphatic heterocycles. The molecule has 0 aliphatic rings. The largest absolute Gasteiger partial charge is 0.479 e. The molecule has 1 N–H and O–H groups in total. The fourth-order valence-electron chi connectivity index (χ4n) is 3.06. The maximum atomic E-state index is 10.9. The molecule has 0 unspecified atom stereocenters. The van der Waals surface area contributed by atoms with Crippen molar-refractivity contribution in [1.29, 1.82) is 0 Å². The summed E-state index contributed by atoms with van der Waals surface area (Å²) in [5.74, 6) is -0.775. The number of aliphatic carboxylic acids is 1. The molecule has 1 heterocycles. The van der Waals surface area contributed by atoms with Crippen LogP contribution in [0.3, 0.4) is 0 Å². The summed E-state index contributed by atoms with van der Waals surface area (Å²) in [5.41, 5.74) is 4.33. The number of rotatable bonds is 5. The summed E-state index contributed by atoms with van der Waals surface area (Å²) in [5, 5.41) is 11.6. The molecule has 0 spiro atoms. The number of ether oxygens (including phenoxy) is 1. The number of carbonyl (C=O) groups is 1. The Morgan fingerprint density at radius 1 is 1.19 bits per heavy atom. The van der Waals surface area contributed by atoms with Gasteiger partial charge in [0, 0.05) is 15.8 Å². The summed E-state index contributed by atoms with van der Waals surface area (Å²) in [4.78, 5) is 15.1. The van der Waals surface area contributed by atoms with E-state index in [1.807, 2.05) is 44.2 Å². The molecule has 0 radical (unpaired) electrons. The van der Waals surface area contributed by atoms with Gasteiger partial charge in [-0.3, -0.25) is 0 Å². The molecule has 0 bridgehead atoms. The van der Waals surface area contributed by atoms with Crippen molar-refractivity contribution >= 4 is 39.9 Å². The van der Waals surface area contributed by atoms with Crippen LogP contribution in [0.4, 0.5) is 0 Å². The lowest BCUT2D eigenvalue weighted by Gasteiger charge is -2.16. The Hall–Kier alpha value is -2.30. The Kier molecular flexibility index (Phi) is 5.35. The van der Waals surface area contributed by atoms with Gasteiger partial charge in [-0.2, -0.15) is 0 Å². The van der Waals surface area contributed by atoms with E-state index in [9.17, 15) is 4.79 Å². The van der Waals surface area contributed by atoms with Gasteiger partial charge in [-0.1, -0.05) is 35.3 Å². The molecule has 0 atom stereocenters. The van der Waals surface area contributed by atoms with Crippen LogP contribution in [0.2, 0.25) is 10.0 Å². The van der Waals surface area contributed by atoms with Crippen LogP contribution in [0.1, 0.15) is 22.3 Å². The number of halogens is 2. The molecule has 2 aromatic carbocycles. The van der Waals surface area contributed by atoms with Crippen LogP contribution in [0.15, 0.2) is 36.5 Å². The minimum absolute atomic E-state index is 0.279. The van der Waals surface area contributed by atoms with E-state index in [4.69, 9.17) is 33.0 Å². The molecule has 0 fully saturated rings. The van der Waals surface area contributed by atoms with Crippen molar-refractivity contribution < 1.29 is 14.6 Å². The number of nitrogens with zero attached hydrogens (tertiary/aromatic N) is 1. The van der Waals surface area contributed by atoms with E-state index >= 15 is 0 Å². The number of benzene rings is 2. The second-order valence-electron chi connectivity index (χ2n) is 6.12. The third kappa shape index (κ3) is 3.76. The van der Waals surface area contributed by atoms with Crippen LogP contribution >= 0.6 is 23.2 Å². The number of aromatic nitrogens is 1. The first-order chi connectivity index (χ1) is 12.4. The first kappa shape index (κ1) is 18.5. The number of carboxylic acids is 1. The highest BCUT2D eigenvalue weighted by molar-refractivity contribution is 6.35. The van der Waals surface area contributed by atoms with Crippen molar-refractivity contribution in [2.24, 2.45) is 0 Å². The second kappa shape index (κ2) is 7.52. The number of hydrogen-bond acceptors (Lipinski definition) is 3. The number of fused-ring (bicyclic) bond motifs is 1. The molecule has 0 saturated carbocycles. The SMILES string of the molecule is Cc1cc2c(Cl)cnc(OCC(=O)O)c2c(C)c1Cc1ccc(Cl)cc1. The van der Waals surface area contributed by atoms with Crippen molar-refractivity contribution in [2.45, 2.75) is 20.3 Å². The van der Waals surface area contributed by atoms with Gasteiger partial charge in [-0.05, 0) is 60.7 Å². The van der Waals surface area contributed by atoms with Gasteiger partial charge in [-0.25, -0.2) is 9.78 Å². The Morgan fingerprint density at radius 2 is 1.88 bits per heavy atom. The lowest BCUT2D eigenvalue weighted by atomic mass is 9.92. The van der Waals surface area contributed by atoms with E-state index in [1.165, 1.54) is 6.20 Å². The van der Waals surface area contributed by atoms with E-state index in [0.29, 0.717) is 10.0 Å². The van der Waals surface area contributed by atoms with E-state index in [1.54, 1.807) is 0 Å². The first-order valence-electron chi connectivity index (χ1n) is 8.03. The van der Waals surface area contributed by atoms with Crippen molar-refractivity contribution in [3.63, 3.8) is 0 Å². The molecule has 6 heteroatoms. The molecule has 1 aromatic heterocycles. The third-order valence-corrected chi connectivity index (χ3v) is 4.88. The van der Waals surface area contributed by atoms with E-state index in [-0.39, 0.29) is 5.88 Å². The van der Waals surface area contributed by atoms with Crippen molar-refractivity contribution in [1.82, 2.24) is 4.98 Å². The van der Waals surface area contributed by atoms with Crippen molar-refractivity contribution in [3.8, 4) is 5.88 Å². The van der Waals surface area contributed by atoms with Crippen LogP contribution in [0, 0.1) is 13.8 Å². The third-order valence-electron chi connectivity index (χ3n) is 4.33. The summed E-state index contributed by atoms with van der Waals surface area (Å²) in [7, 11) is 0. The van der Waals surface area contributed by atoms with E-state index in [0.717, 1.165) is 39.4 Å². The van der Waals surface area contributed by atoms with Gasteiger partial charge < -0.3 is 9.84 Å². The Morgan fingerprint density at radius 3 is 2.54 bits per heavy atom. The van der Waals surface area contributed by atoms with Crippen LogP contribution in [0.5, 0.6) is 5.88 Å².